The van der Waals surface area contributed by atoms with Gasteiger partial charge in [0.05, 0.1) is 6.26 Å². The Kier molecular flexibility index (Phi) is 4.12. The van der Waals surface area contributed by atoms with Crippen molar-refractivity contribution in [3.05, 3.63) is 23.3 Å². The number of hydrogen-bond acceptors (Lipinski definition) is 5. The monoisotopic (exact) mass is 350 g/mol. The molecule has 0 spiro atoms. The van der Waals surface area contributed by atoms with Gasteiger partial charge in [0.25, 0.3) is 0 Å². The summed E-state index contributed by atoms with van der Waals surface area (Å²) in [6.45, 7) is 5.51. The van der Waals surface area contributed by atoms with Crippen molar-refractivity contribution in [2.24, 2.45) is 0 Å². The lowest BCUT2D eigenvalue weighted by atomic mass is 9.98. The fourth-order valence-corrected chi connectivity index (χ4v) is 5.08. The Balaban J connectivity index is 1.97. The van der Waals surface area contributed by atoms with Crippen molar-refractivity contribution in [3.8, 4) is 0 Å². The Morgan fingerprint density at radius 3 is 2.46 bits per heavy atom. The van der Waals surface area contributed by atoms with Gasteiger partial charge in [0, 0.05) is 48.3 Å². The molecule has 0 atom stereocenters. The molecule has 0 bridgehead atoms. The maximum Gasteiger partial charge on any atom is 0.211 e. The van der Waals surface area contributed by atoms with Crippen LogP contribution < -0.4 is 10.6 Å². The third kappa shape index (κ3) is 3.15. The van der Waals surface area contributed by atoms with Crippen molar-refractivity contribution in [3.63, 3.8) is 0 Å². The minimum Gasteiger partial charge on any atom is -0.398 e. The molecular weight excluding hydrogens is 324 g/mol. The first kappa shape index (κ1) is 17.2. The summed E-state index contributed by atoms with van der Waals surface area (Å²) < 4.78 is 25.6. The number of nitrogens with one attached hydrogen (secondary N) is 1. The molecule has 24 heavy (non-hydrogen) atoms. The van der Waals surface area contributed by atoms with Crippen LogP contribution in [0.5, 0.6) is 0 Å². The Labute approximate surface area is 144 Å². The quantitative estimate of drug-likeness (QED) is 0.642. The summed E-state index contributed by atoms with van der Waals surface area (Å²) >= 11 is 0. The Hall–Kier alpha value is -1.60. The molecule has 1 saturated carbocycles. The zero-order valence-corrected chi connectivity index (χ0v) is 15.4. The van der Waals surface area contributed by atoms with Crippen LogP contribution in [0.2, 0.25) is 0 Å². The number of sulfonamides is 1. The summed E-state index contributed by atoms with van der Waals surface area (Å²) in [6.07, 6.45) is 4.95. The van der Waals surface area contributed by atoms with E-state index in [1.807, 2.05) is 19.9 Å². The van der Waals surface area contributed by atoms with Crippen LogP contribution in [0.15, 0.2) is 12.1 Å². The van der Waals surface area contributed by atoms with Gasteiger partial charge in [-0.1, -0.05) is 0 Å². The van der Waals surface area contributed by atoms with Crippen LogP contribution in [0.25, 0.3) is 0 Å². The fourth-order valence-electron chi connectivity index (χ4n) is 3.71. The summed E-state index contributed by atoms with van der Waals surface area (Å²) in [6, 6.07) is 4.13. The normalized spacial score (nSPS) is 21.7. The van der Waals surface area contributed by atoms with Gasteiger partial charge in [-0.2, -0.15) is 4.31 Å². The molecule has 132 valence electrons. The molecule has 6 nitrogen and oxygen atoms in total. The lowest BCUT2D eigenvalue weighted by Gasteiger charge is -2.46. The summed E-state index contributed by atoms with van der Waals surface area (Å²) in [5.74, 6) is 0.580. The third-order valence-corrected chi connectivity index (χ3v) is 6.45. The van der Waals surface area contributed by atoms with E-state index in [9.17, 15) is 8.42 Å². The summed E-state index contributed by atoms with van der Waals surface area (Å²) in [7, 11) is -3.24. The molecule has 1 aromatic rings. The number of nitrogen functional groups attached to an aromatic ring is 1. The SMILES string of the molecule is CC1(C)CN(c2cc(C3CC3)cc(N)c2C=N)CCN1S(C)(=O)=O. The molecular formula is C17H26N4O2S. The van der Waals surface area contributed by atoms with Crippen LogP contribution in [0.4, 0.5) is 11.4 Å². The second kappa shape index (κ2) is 5.74. The third-order valence-electron chi connectivity index (χ3n) is 4.97. The average Bonchev–Trinajstić information content (AvgIpc) is 3.28. The van der Waals surface area contributed by atoms with E-state index >= 15 is 0 Å². The fraction of sp³-hybridized carbons (Fsp3) is 0.588. The molecule has 3 N–H and O–H groups in total. The average molecular weight is 350 g/mol. The predicted octanol–water partition coefficient (Wildman–Crippen LogP) is 2.00. The standard InChI is InChI=1S/C17H26N4O2S/c1-17(2)11-20(6-7-21(17)24(3,22)23)16-9-13(12-4-5-12)8-15(19)14(16)10-18/h8-10,12,18H,4-7,11,19H2,1-3H3. The van der Waals surface area contributed by atoms with E-state index in [2.05, 4.69) is 11.0 Å². The second-order valence-corrected chi connectivity index (χ2v) is 9.44. The summed E-state index contributed by atoms with van der Waals surface area (Å²) in [4.78, 5) is 2.17. The maximum absolute atomic E-state index is 12.0. The van der Waals surface area contributed by atoms with E-state index in [1.165, 1.54) is 30.9 Å². The Bertz CT molecular complexity index is 769. The van der Waals surface area contributed by atoms with E-state index < -0.39 is 15.6 Å². The molecule has 1 heterocycles. The Morgan fingerprint density at radius 1 is 1.29 bits per heavy atom. The van der Waals surface area contributed by atoms with E-state index in [1.54, 1.807) is 4.31 Å². The molecule has 1 aliphatic heterocycles. The molecule has 1 aliphatic carbocycles. The zero-order valence-electron chi connectivity index (χ0n) is 14.5. The van der Waals surface area contributed by atoms with Crippen LogP contribution in [-0.2, 0) is 10.0 Å². The first-order valence-electron chi connectivity index (χ1n) is 8.30. The molecule has 0 amide bonds. The smallest absolute Gasteiger partial charge is 0.211 e. The number of benzene rings is 1. The highest BCUT2D eigenvalue weighted by molar-refractivity contribution is 7.88. The van der Waals surface area contributed by atoms with Crippen molar-refractivity contribution in [1.82, 2.24) is 4.31 Å². The highest BCUT2D eigenvalue weighted by Crippen LogP contribution is 2.43. The van der Waals surface area contributed by atoms with E-state index in [4.69, 9.17) is 11.1 Å². The van der Waals surface area contributed by atoms with Gasteiger partial charge in [0.15, 0.2) is 0 Å². The topological polar surface area (TPSA) is 90.5 Å². The minimum atomic E-state index is -3.24. The van der Waals surface area contributed by atoms with Gasteiger partial charge in [-0.25, -0.2) is 8.42 Å². The van der Waals surface area contributed by atoms with E-state index in [0.29, 0.717) is 31.2 Å². The van der Waals surface area contributed by atoms with Gasteiger partial charge in [-0.3, -0.25) is 0 Å². The van der Waals surface area contributed by atoms with Crippen LogP contribution >= 0.6 is 0 Å². The molecule has 1 saturated heterocycles. The van der Waals surface area contributed by atoms with Gasteiger partial charge in [-0.15, -0.1) is 0 Å². The van der Waals surface area contributed by atoms with Gasteiger partial charge in [0.1, 0.15) is 0 Å². The number of piperazine rings is 1. The van der Waals surface area contributed by atoms with Crippen molar-refractivity contribution in [1.29, 1.82) is 5.41 Å². The number of hydrogen-bond donors (Lipinski definition) is 2. The van der Waals surface area contributed by atoms with Crippen LogP contribution in [-0.4, -0.2) is 50.4 Å². The molecule has 7 heteroatoms. The van der Waals surface area contributed by atoms with E-state index in [0.717, 1.165) is 11.3 Å². The molecule has 0 radical (unpaired) electrons. The van der Waals surface area contributed by atoms with Gasteiger partial charge < -0.3 is 16.0 Å². The van der Waals surface area contributed by atoms with Gasteiger partial charge >= 0.3 is 0 Å². The minimum absolute atomic E-state index is 0.441. The maximum atomic E-state index is 12.0. The van der Waals surface area contributed by atoms with Gasteiger partial charge in [-0.05, 0) is 50.3 Å². The van der Waals surface area contributed by atoms with Crippen LogP contribution in [0.1, 0.15) is 43.7 Å². The van der Waals surface area contributed by atoms with Crippen molar-refractivity contribution in [2.75, 3.05) is 36.5 Å². The van der Waals surface area contributed by atoms with Crippen molar-refractivity contribution in [2.45, 2.75) is 38.1 Å². The number of nitrogens with two attached hydrogens (primary N) is 1. The van der Waals surface area contributed by atoms with Crippen molar-refractivity contribution < 1.29 is 8.42 Å². The molecule has 2 fully saturated rings. The van der Waals surface area contributed by atoms with Crippen LogP contribution in [0, 0.1) is 5.41 Å². The first-order chi connectivity index (χ1) is 11.1. The first-order valence-corrected chi connectivity index (χ1v) is 10.1. The molecule has 3 rings (SSSR count). The summed E-state index contributed by atoms with van der Waals surface area (Å²) in [5, 5.41) is 7.74. The highest BCUT2D eigenvalue weighted by atomic mass is 32.2. The largest absolute Gasteiger partial charge is 0.398 e. The van der Waals surface area contributed by atoms with Gasteiger partial charge in [0.2, 0.25) is 10.0 Å². The lowest BCUT2D eigenvalue weighted by Crippen LogP contribution is -2.61. The predicted molar refractivity (Wildman–Crippen MR) is 98.6 cm³/mol. The zero-order chi connectivity index (χ0) is 17.7. The lowest BCUT2D eigenvalue weighted by molar-refractivity contribution is 0.206. The number of nitrogens with zero attached hydrogens (tertiary/aromatic N) is 2. The molecule has 2 aliphatic rings. The highest BCUT2D eigenvalue weighted by Gasteiger charge is 2.39. The molecule has 0 unspecified atom stereocenters. The molecule has 0 aromatic heterocycles. The van der Waals surface area contributed by atoms with E-state index in [-0.39, 0.29) is 0 Å². The molecule has 1 aromatic carbocycles. The number of anilines is 2. The van der Waals surface area contributed by atoms with Crippen molar-refractivity contribution >= 4 is 27.6 Å². The summed E-state index contributed by atoms with van der Waals surface area (Å²) in [5.41, 5.74) is 9.22. The van der Waals surface area contributed by atoms with Crippen LogP contribution in [0.3, 0.4) is 0 Å². The number of rotatable bonds is 4. The second-order valence-electron chi connectivity index (χ2n) is 7.53. The Morgan fingerprint density at radius 2 is 1.96 bits per heavy atom.